The number of nitrogens with zero attached hydrogens (tertiary/aromatic N) is 2. The second kappa shape index (κ2) is 9.04. The Hall–Kier alpha value is -4.33. The standard InChI is InChI=1S/C25H22N2O6/c1-30-17-7-8-18-19(14-27(20(18)12-17)25(29)15-6-5-9-26-13-15)23(28)16-10-21(31-2)24(33-4)22(11-16)32-3/h5-14H,1-4H3. The van der Waals surface area contributed by atoms with Crippen molar-refractivity contribution in [3.8, 4) is 23.0 Å². The summed E-state index contributed by atoms with van der Waals surface area (Å²) in [5.74, 6) is 1.05. The third-order valence-corrected chi connectivity index (χ3v) is 5.31. The van der Waals surface area contributed by atoms with Crippen LogP contribution in [0.15, 0.2) is 61.1 Å². The third kappa shape index (κ3) is 3.87. The van der Waals surface area contributed by atoms with Crippen molar-refractivity contribution in [2.24, 2.45) is 0 Å². The minimum Gasteiger partial charge on any atom is -0.497 e. The lowest BCUT2D eigenvalue weighted by molar-refractivity contribution is 0.0964. The highest BCUT2D eigenvalue weighted by molar-refractivity contribution is 6.18. The van der Waals surface area contributed by atoms with Crippen molar-refractivity contribution in [2.45, 2.75) is 0 Å². The maximum Gasteiger partial charge on any atom is 0.263 e. The van der Waals surface area contributed by atoms with Crippen LogP contribution in [-0.2, 0) is 0 Å². The van der Waals surface area contributed by atoms with E-state index in [2.05, 4.69) is 4.98 Å². The predicted molar refractivity (Wildman–Crippen MR) is 122 cm³/mol. The zero-order valence-corrected chi connectivity index (χ0v) is 18.6. The molecule has 0 amide bonds. The van der Waals surface area contributed by atoms with Gasteiger partial charge in [0.25, 0.3) is 5.91 Å². The molecular weight excluding hydrogens is 424 g/mol. The number of aromatic nitrogens is 2. The fourth-order valence-electron chi connectivity index (χ4n) is 3.68. The van der Waals surface area contributed by atoms with Crippen LogP contribution in [0.5, 0.6) is 23.0 Å². The van der Waals surface area contributed by atoms with Crippen LogP contribution in [0.3, 0.4) is 0 Å². The Balaban J connectivity index is 1.90. The lowest BCUT2D eigenvalue weighted by Gasteiger charge is -2.13. The Morgan fingerprint density at radius 3 is 2.15 bits per heavy atom. The quantitative estimate of drug-likeness (QED) is 0.397. The number of methoxy groups -OCH3 is 4. The van der Waals surface area contributed by atoms with Crippen molar-refractivity contribution in [2.75, 3.05) is 28.4 Å². The van der Waals surface area contributed by atoms with Gasteiger partial charge in [-0.25, -0.2) is 0 Å². The van der Waals surface area contributed by atoms with Crippen molar-refractivity contribution in [3.05, 3.63) is 77.7 Å². The summed E-state index contributed by atoms with van der Waals surface area (Å²) in [7, 11) is 6.00. The number of hydrogen-bond acceptors (Lipinski definition) is 7. The first-order valence-corrected chi connectivity index (χ1v) is 10.0. The molecule has 2 aromatic heterocycles. The number of carbonyl (C=O) groups excluding carboxylic acids is 2. The smallest absolute Gasteiger partial charge is 0.263 e. The van der Waals surface area contributed by atoms with Gasteiger partial charge in [-0.05, 0) is 36.4 Å². The summed E-state index contributed by atoms with van der Waals surface area (Å²) >= 11 is 0. The van der Waals surface area contributed by atoms with Crippen LogP contribution in [0.2, 0.25) is 0 Å². The molecule has 0 saturated carbocycles. The van der Waals surface area contributed by atoms with Gasteiger partial charge in [-0.2, -0.15) is 0 Å². The van der Waals surface area contributed by atoms with Crippen molar-refractivity contribution in [1.82, 2.24) is 9.55 Å². The van der Waals surface area contributed by atoms with Gasteiger partial charge in [-0.15, -0.1) is 0 Å². The molecule has 0 N–H and O–H groups in total. The van der Waals surface area contributed by atoms with Gasteiger partial charge in [0, 0.05) is 41.2 Å². The lowest BCUT2D eigenvalue weighted by atomic mass is 10.0. The van der Waals surface area contributed by atoms with Crippen molar-refractivity contribution in [1.29, 1.82) is 0 Å². The zero-order chi connectivity index (χ0) is 23.5. The highest BCUT2D eigenvalue weighted by Crippen LogP contribution is 2.39. The van der Waals surface area contributed by atoms with Crippen LogP contribution in [-0.4, -0.2) is 49.7 Å². The average Bonchev–Trinajstić information content (AvgIpc) is 3.25. The molecule has 0 fully saturated rings. The summed E-state index contributed by atoms with van der Waals surface area (Å²) in [5.41, 5.74) is 1.61. The summed E-state index contributed by atoms with van der Waals surface area (Å²) < 4.78 is 22.9. The normalized spacial score (nSPS) is 10.7. The van der Waals surface area contributed by atoms with Gasteiger partial charge in [0.2, 0.25) is 5.75 Å². The Morgan fingerprint density at radius 2 is 1.58 bits per heavy atom. The van der Waals surface area contributed by atoms with E-state index in [-0.39, 0.29) is 11.7 Å². The van der Waals surface area contributed by atoms with Crippen LogP contribution >= 0.6 is 0 Å². The SMILES string of the molecule is COc1ccc2c(C(=O)c3cc(OC)c(OC)c(OC)c3)cn(C(=O)c3cccnc3)c2c1. The molecule has 8 nitrogen and oxygen atoms in total. The maximum absolute atomic E-state index is 13.6. The van der Waals surface area contributed by atoms with Gasteiger partial charge in [0.15, 0.2) is 17.3 Å². The number of ether oxygens (including phenoxy) is 4. The highest BCUT2D eigenvalue weighted by atomic mass is 16.5. The number of benzene rings is 2. The largest absolute Gasteiger partial charge is 0.497 e. The first kappa shape index (κ1) is 21.9. The van der Waals surface area contributed by atoms with E-state index in [1.165, 1.54) is 38.3 Å². The summed E-state index contributed by atoms with van der Waals surface area (Å²) in [4.78, 5) is 30.9. The number of hydrogen-bond donors (Lipinski definition) is 0. The van der Waals surface area contributed by atoms with Gasteiger partial charge in [0.1, 0.15) is 5.75 Å². The number of fused-ring (bicyclic) bond motifs is 1. The third-order valence-electron chi connectivity index (χ3n) is 5.31. The van der Waals surface area contributed by atoms with Gasteiger partial charge in [-0.3, -0.25) is 19.1 Å². The van der Waals surface area contributed by atoms with Crippen LogP contribution in [0.4, 0.5) is 0 Å². The molecule has 0 unspecified atom stereocenters. The number of pyridine rings is 1. The molecule has 4 rings (SSSR count). The average molecular weight is 446 g/mol. The lowest BCUT2D eigenvalue weighted by Crippen LogP contribution is -2.11. The molecule has 0 aliphatic heterocycles. The molecule has 0 aliphatic carbocycles. The number of carbonyl (C=O) groups is 2. The van der Waals surface area contributed by atoms with Crippen LogP contribution in [0, 0.1) is 0 Å². The molecular formula is C25H22N2O6. The van der Waals surface area contributed by atoms with Crippen LogP contribution < -0.4 is 18.9 Å². The monoisotopic (exact) mass is 446 g/mol. The summed E-state index contributed by atoms with van der Waals surface area (Å²) in [6.07, 6.45) is 4.60. The molecule has 0 radical (unpaired) electrons. The van der Waals surface area contributed by atoms with Crippen molar-refractivity contribution >= 4 is 22.6 Å². The van der Waals surface area contributed by atoms with Crippen molar-refractivity contribution in [3.63, 3.8) is 0 Å². The summed E-state index contributed by atoms with van der Waals surface area (Å²) in [5, 5.41) is 0.604. The minimum absolute atomic E-state index is 0.304. The fourth-order valence-corrected chi connectivity index (χ4v) is 3.68. The molecule has 0 atom stereocenters. The van der Waals surface area contributed by atoms with E-state index in [1.807, 2.05) is 0 Å². The van der Waals surface area contributed by atoms with E-state index < -0.39 is 0 Å². The van der Waals surface area contributed by atoms with Crippen LogP contribution in [0.1, 0.15) is 26.3 Å². The van der Waals surface area contributed by atoms with Gasteiger partial charge in [-0.1, -0.05) is 0 Å². The van der Waals surface area contributed by atoms with Crippen molar-refractivity contribution < 1.29 is 28.5 Å². The van der Waals surface area contributed by atoms with Gasteiger partial charge >= 0.3 is 0 Å². The fraction of sp³-hybridized carbons (Fsp3) is 0.160. The molecule has 0 saturated heterocycles. The topological polar surface area (TPSA) is 88.9 Å². The molecule has 168 valence electrons. The summed E-state index contributed by atoms with van der Waals surface area (Å²) in [6.45, 7) is 0. The van der Waals surface area contributed by atoms with E-state index >= 15 is 0 Å². The highest BCUT2D eigenvalue weighted by Gasteiger charge is 2.23. The van der Waals surface area contributed by atoms with E-state index in [4.69, 9.17) is 18.9 Å². The van der Waals surface area contributed by atoms with Crippen LogP contribution in [0.25, 0.3) is 10.9 Å². The number of rotatable bonds is 7. The first-order chi connectivity index (χ1) is 16.0. The molecule has 33 heavy (non-hydrogen) atoms. The first-order valence-electron chi connectivity index (χ1n) is 10.0. The number of ketones is 1. The van der Waals surface area contributed by atoms with Gasteiger partial charge in [0.05, 0.1) is 39.5 Å². The second-order valence-corrected chi connectivity index (χ2v) is 7.09. The Kier molecular flexibility index (Phi) is 5.99. The second-order valence-electron chi connectivity index (χ2n) is 7.09. The molecule has 4 aromatic rings. The van der Waals surface area contributed by atoms with E-state index in [9.17, 15) is 9.59 Å². The molecule has 2 heterocycles. The predicted octanol–water partition coefficient (Wildman–Crippen LogP) is 3.99. The minimum atomic E-state index is -0.315. The molecule has 0 bridgehead atoms. The summed E-state index contributed by atoms with van der Waals surface area (Å²) in [6, 6.07) is 11.7. The van der Waals surface area contributed by atoms with Gasteiger partial charge < -0.3 is 18.9 Å². The molecule has 2 aromatic carbocycles. The Morgan fingerprint density at radius 1 is 0.848 bits per heavy atom. The van der Waals surface area contributed by atoms with E-state index in [0.29, 0.717) is 50.6 Å². The van der Waals surface area contributed by atoms with E-state index in [1.54, 1.807) is 55.8 Å². The Labute approximate surface area is 190 Å². The molecule has 0 aliphatic rings. The molecule has 8 heteroatoms. The molecule has 0 spiro atoms. The van der Waals surface area contributed by atoms with E-state index in [0.717, 1.165) is 0 Å². The maximum atomic E-state index is 13.6. The Bertz CT molecular complexity index is 1320. The zero-order valence-electron chi connectivity index (χ0n) is 18.6.